The first-order valence-electron chi connectivity index (χ1n) is 5.61. The lowest BCUT2D eigenvalue weighted by Crippen LogP contribution is -2.27. The van der Waals surface area contributed by atoms with E-state index in [0.29, 0.717) is 12.3 Å². The molecule has 0 unspecified atom stereocenters. The highest BCUT2D eigenvalue weighted by molar-refractivity contribution is 7.99. The number of rotatable bonds is 6. The van der Waals surface area contributed by atoms with Gasteiger partial charge in [0, 0.05) is 24.2 Å². The lowest BCUT2D eigenvalue weighted by Gasteiger charge is -2.16. The lowest BCUT2D eigenvalue weighted by molar-refractivity contribution is -0.127. The van der Waals surface area contributed by atoms with Crippen LogP contribution in [0.1, 0.15) is 10.4 Å². The molecule has 0 bridgehead atoms. The maximum atomic E-state index is 11.9. The van der Waals surface area contributed by atoms with Gasteiger partial charge in [-0.3, -0.25) is 4.79 Å². The van der Waals surface area contributed by atoms with Gasteiger partial charge in [-0.2, -0.15) is 11.3 Å². The molecule has 2 aromatic heterocycles. The van der Waals surface area contributed by atoms with Crippen molar-refractivity contribution in [1.82, 2.24) is 4.90 Å². The molecule has 0 N–H and O–H groups in total. The van der Waals surface area contributed by atoms with E-state index < -0.39 is 0 Å². The molecule has 0 aliphatic heterocycles. The van der Waals surface area contributed by atoms with Gasteiger partial charge in [0.05, 0.1) is 5.75 Å². The first kappa shape index (κ1) is 13.6. The van der Waals surface area contributed by atoms with Gasteiger partial charge >= 0.3 is 0 Å². The van der Waals surface area contributed by atoms with Crippen molar-refractivity contribution in [3.05, 3.63) is 44.8 Å². The fraction of sp³-hybridized carbons (Fsp3) is 0.308. The van der Waals surface area contributed by atoms with Crippen molar-refractivity contribution >= 4 is 40.3 Å². The Kier molecular flexibility index (Phi) is 5.28. The van der Waals surface area contributed by atoms with Crippen molar-refractivity contribution in [2.45, 2.75) is 12.3 Å². The van der Waals surface area contributed by atoms with E-state index >= 15 is 0 Å². The highest BCUT2D eigenvalue weighted by atomic mass is 32.2. The van der Waals surface area contributed by atoms with E-state index in [9.17, 15) is 4.79 Å². The minimum Gasteiger partial charge on any atom is -0.341 e. The molecule has 0 aromatic carbocycles. The smallest absolute Gasteiger partial charge is 0.232 e. The number of hydrogen-bond acceptors (Lipinski definition) is 4. The molecule has 0 radical (unpaired) electrons. The van der Waals surface area contributed by atoms with Crippen molar-refractivity contribution in [2.24, 2.45) is 0 Å². The van der Waals surface area contributed by atoms with Gasteiger partial charge in [-0.1, -0.05) is 6.07 Å². The average Bonchev–Trinajstić information content (AvgIpc) is 3.01. The van der Waals surface area contributed by atoms with Crippen LogP contribution in [0.3, 0.4) is 0 Å². The van der Waals surface area contributed by atoms with Crippen LogP contribution in [-0.2, 0) is 17.1 Å². The van der Waals surface area contributed by atoms with Crippen molar-refractivity contribution in [1.29, 1.82) is 0 Å². The molecule has 0 aliphatic carbocycles. The van der Waals surface area contributed by atoms with Crippen molar-refractivity contribution < 1.29 is 4.79 Å². The zero-order valence-electron chi connectivity index (χ0n) is 10.2. The third kappa shape index (κ3) is 4.15. The number of amides is 1. The number of hydrogen-bond donors (Lipinski definition) is 0. The fourth-order valence-electron chi connectivity index (χ4n) is 1.49. The monoisotopic (exact) mass is 297 g/mol. The summed E-state index contributed by atoms with van der Waals surface area (Å²) in [6.07, 6.45) is 0. The molecule has 2 nitrogen and oxygen atoms in total. The van der Waals surface area contributed by atoms with Crippen LogP contribution in [0.4, 0.5) is 0 Å². The van der Waals surface area contributed by atoms with E-state index in [1.54, 1.807) is 39.3 Å². The Hall–Kier alpha value is -0.780. The Balaban J connectivity index is 1.70. The third-order valence-electron chi connectivity index (χ3n) is 2.48. The minimum absolute atomic E-state index is 0.197. The molecule has 0 atom stereocenters. The topological polar surface area (TPSA) is 20.3 Å². The van der Waals surface area contributed by atoms with Crippen LogP contribution in [0, 0.1) is 0 Å². The van der Waals surface area contributed by atoms with Crippen LogP contribution < -0.4 is 0 Å². The zero-order chi connectivity index (χ0) is 12.8. The van der Waals surface area contributed by atoms with Crippen molar-refractivity contribution in [3.63, 3.8) is 0 Å². The van der Waals surface area contributed by atoms with Crippen LogP contribution in [0.15, 0.2) is 34.3 Å². The van der Waals surface area contributed by atoms with Crippen molar-refractivity contribution in [3.8, 4) is 0 Å². The second-order valence-electron chi connectivity index (χ2n) is 3.95. The predicted molar refractivity (Wildman–Crippen MR) is 81.3 cm³/mol. The number of carbonyl (C=O) groups is 1. The number of thiophene rings is 2. The second kappa shape index (κ2) is 6.97. The van der Waals surface area contributed by atoms with Gasteiger partial charge in [0.15, 0.2) is 0 Å². The molecular formula is C13H15NOS3. The summed E-state index contributed by atoms with van der Waals surface area (Å²) >= 11 is 5.09. The molecule has 2 rings (SSSR count). The molecule has 5 heteroatoms. The van der Waals surface area contributed by atoms with Crippen LogP contribution >= 0.6 is 34.4 Å². The Labute approximate surface area is 120 Å². The highest BCUT2D eigenvalue weighted by Gasteiger charge is 2.09. The normalized spacial score (nSPS) is 10.5. The summed E-state index contributed by atoms with van der Waals surface area (Å²) in [7, 11) is 1.87. The van der Waals surface area contributed by atoms with Crippen LogP contribution in [0.25, 0.3) is 0 Å². The maximum Gasteiger partial charge on any atom is 0.232 e. The Morgan fingerprint density at radius 3 is 2.94 bits per heavy atom. The molecule has 2 heterocycles. The quantitative estimate of drug-likeness (QED) is 0.810. The zero-order valence-corrected chi connectivity index (χ0v) is 12.6. The van der Waals surface area contributed by atoms with Gasteiger partial charge in [0.2, 0.25) is 5.91 Å². The summed E-state index contributed by atoms with van der Waals surface area (Å²) in [6, 6.07) is 6.22. The summed E-state index contributed by atoms with van der Waals surface area (Å²) in [5.41, 5.74) is 1.21. The molecule has 18 heavy (non-hydrogen) atoms. The molecular weight excluding hydrogens is 282 g/mol. The van der Waals surface area contributed by atoms with E-state index in [1.165, 1.54) is 10.4 Å². The van der Waals surface area contributed by atoms with Crippen LogP contribution in [-0.4, -0.2) is 23.6 Å². The standard InChI is InChI=1S/C13H15NOS3/c1-14(7-11-4-6-16-8-11)13(15)10-17-9-12-3-2-5-18-12/h2-6,8H,7,9-10H2,1H3. The second-order valence-corrected chi connectivity index (χ2v) is 6.75. The van der Waals surface area contributed by atoms with Gasteiger partial charge in [-0.25, -0.2) is 0 Å². The molecule has 0 spiro atoms. The van der Waals surface area contributed by atoms with Gasteiger partial charge < -0.3 is 4.90 Å². The minimum atomic E-state index is 0.197. The summed E-state index contributed by atoms with van der Waals surface area (Å²) in [5.74, 6) is 1.68. The van der Waals surface area contributed by atoms with E-state index in [-0.39, 0.29) is 5.91 Å². The SMILES string of the molecule is CN(Cc1ccsc1)C(=O)CSCc1cccs1. The number of carbonyl (C=O) groups excluding carboxylic acids is 1. The Morgan fingerprint density at radius 1 is 1.39 bits per heavy atom. The first-order chi connectivity index (χ1) is 8.75. The molecule has 1 amide bonds. The summed E-state index contributed by atoms with van der Waals surface area (Å²) in [6.45, 7) is 0.710. The molecule has 0 saturated heterocycles. The van der Waals surface area contributed by atoms with E-state index in [2.05, 4.69) is 22.9 Å². The lowest BCUT2D eigenvalue weighted by atomic mass is 10.3. The first-order valence-corrected chi connectivity index (χ1v) is 8.58. The fourth-order valence-corrected chi connectivity index (χ4v) is 3.95. The highest BCUT2D eigenvalue weighted by Crippen LogP contribution is 2.17. The van der Waals surface area contributed by atoms with Crippen LogP contribution in [0.5, 0.6) is 0 Å². The van der Waals surface area contributed by atoms with Gasteiger partial charge in [0.25, 0.3) is 0 Å². The molecule has 0 saturated carbocycles. The summed E-state index contributed by atoms with van der Waals surface area (Å²) < 4.78 is 0. The molecule has 0 fully saturated rings. The van der Waals surface area contributed by atoms with E-state index in [0.717, 1.165) is 5.75 Å². The van der Waals surface area contributed by atoms with Crippen molar-refractivity contribution in [2.75, 3.05) is 12.8 Å². The van der Waals surface area contributed by atoms with E-state index in [1.807, 2.05) is 18.5 Å². The Bertz CT molecular complexity index is 464. The Morgan fingerprint density at radius 2 is 2.28 bits per heavy atom. The third-order valence-corrected chi connectivity index (χ3v) is 5.23. The molecule has 0 aliphatic rings. The predicted octanol–water partition coefficient (Wildman–Crippen LogP) is 3.70. The number of thioether (sulfide) groups is 1. The molecule has 2 aromatic rings. The largest absolute Gasteiger partial charge is 0.341 e. The van der Waals surface area contributed by atoms with Gasteiger partial charge in [-0.05, 0) is 33.8 Å². The number of nitrogens with zero attached hydrogens (tertiary/aromatic N) is 1. The molecule has 96 valence electrons. The summed E-state index contributed by atoms with van der Waals surface area (Å²) in [5, 5.41) is 6.20. The van der Waals surface area contributed by atoms with Gasteiger partial charge in [0.1, 0.15) is 0 Å². The van der Waals surface area contributed by atoms with E-state index in [4.69, 9.17) is 0 Å². The van der Waals surface area contributed by atoms with Gasteiger partial charge in [-0.15, -0.1) is 23.1 Å². The van der Waals surface area contributed by atoms with Crippen LogP contribution in [0.2, 0.25) is 0 Å². The summed E-state index contributed by atoms with van der Waals surface area (Å²) in [4.78, 5) is 15.0. The average molecular weight is 297 g/mol. The maximum absolute atomic E-state index is 11.9.